The lowest BCUT2D eigenvalue weighted by atomic mass is 9.95. The zero-order valence-electron chi connectivity index (χ0n) is 20.6. The van der Waals surface area contributed by atoms with E-state index in [9.17, 15) is 14.7 Å². The number of likely N-dealkylation sites (N-methyl/N-ethyl adjacent to an activating group) is 1. The molecule has 1 aromatic heterocycles. The van der Waals surface area contributed by atoms with Crippen LogP contribution >= 0.6 is 0 Å². The lowest BCUT2D eigenvalue weighted by Crippen LogP contribution is -2.38. The summed E-state index contributed by atoms with van der Waals surface area (Å²) in [6.07, 6.45) is 3.08. The van der Waals surface area contributed by atoms with Gasteiger partial charge in [0.05, 0.1) is 11.6 Å². The Balaban J connectivity index is 1.66. The zero-order chi connectivity index (χ0) is 25.5. The molecular weight excluding hydrogens is 454 g/mol. The average Bonchev–Trinajstić information content (AvgIpc) is 3.18. The molecule has 4 rings (SSSR count). The van der Waals surface area contributed by atoms with Crippen molar-refractivity contribution in [3.05, 3.63) is 101 Å². The summed E-state index contributed by atoms with van der Waals surface area (Å²) in [6.45, 7) is 7.25. The number of rotatable bonds is 10. The SMILES string of the molecule is CCN(CC)CCN1C(=O)C(=O)C(=C(O)c2ccncc2)C1c1ccc(OCc2ccccc2)cc1. The highest BCUT2D eigenvalue weighted by atomic mass is 16.5. The first kappa shape index (κ1) is 25.1. The van der Waals surface area contributed by atoms with Gasteiger partial charge in [0.25, 0.3) is 11.7 Å². The fourth-order valence-electron chi connectivity index (χ4n) is 4.40. The molecule has 1 atom stereocenters. The molecule has 0 aliphatic carbocycles. The van der Waals surface area contributed by atoms with E-state index in [1.165, 1.54) is 0 Å². The van der Waals surface area contributed by atoms with Gasteiger partial charge in [0.2, 0.25) is 0 Å². The molecule has 0 radical (unpaired) electrons. The summed E-state index contributed by atoms with van der Waals surface area (Å²) in [7, 11) is 0. The Morgan fingerprint density at radius 1 is 0.972 bits per heavy atom. The number of amides is 1. The molecule has 0 bridgehead atoms. The molecule has 2 heterocycles. The molecule has 2 aromatic carbocycles. The molecule has 1 aliphatic rings. The predicted molar refractivity (Wildman–Crippen MR) is 138 cm³/mol. The largest absolute Gasteiger partial charge is 0.507 e. The molecule has 7 heteroatoms. The van der Waals surface area contributed by atoms with E-state index in [1.807, 2.05) is 54.6 Å². The second-order valence-electron chi connectivity index (χ2n) is 8.60. The standard InChI is InChI=1S/C29H31N3O4/c1-3-31(4-2)18-19-32-26(25(28(34)29(32)35)27(33)23-14-16-30-17-15-23)22-10-12-24(13-11-22)36-20-21-8-6-5-7-9-21/h5-17,26,33H,3-4,18-20H2,1-2H3. The topological polar surface area (TPSA) is 83.0 Å². The van der Waals surface area contributed by atoms with Crippen molar-refractivity contribution in [3.63, 3.8) is 0 Å². The monoisotopic (exact) mass is 485 g/mol. The van der Waals surface area contributed by atoms with Gasteiger partial charge in [0.1, 0.15) is 18.1 Å². The summed E-state index contributed by atoms with van der Waals surface area (Å²) >= 11 is 0. The molecule has 3 aromatic rings. The van der Waals surface area contributed by atoms with E-state index in [0.29, 0.717) is 31.0 Å². The highest BCUT2D eigenvalue weighted by Crippen LogP contribution is 2.39. The van der Waals surface area contributed by atoms with Crippen LogP contribution < -0.4 is 4.74 Å². The zero-order valence-corrected chi connectivity index (χ0v) is 20.6. The minimum Gasteiger partial charge on any atom is -0.507 e. The number of carbonyl (C=O) groups is 2. The Morgan fingerprint density at radius 3 is 2.28 bits per heavy atom. The number of aliphatic hydroxyl groups is 1. The lowest BCUT2D eigenvalue weighted by molar-refractivity contribution is -0.140. The van der Waals surface area contributed by atoms with E-state index in [0.717, 1.165) is 24.2 Å². The van der Waals surface area contributed by atoms with Crippen molar-refractivity contribution < 1.29 is 19.4 Å². The van der Waals surface area contributed by atoms with Gasteiger partial charge in [-0.25, -0.2) is 0 Å². The maximum absolute atomic E-state index is 13.2. The minimum atomic E-state index is -0.697. The van der Waals surface area contributed by atoms with Gasteiger partial charge >= 0.3 is 0 Å². The number of hydrogen-bond acceptors (Lipinski definition) is 6. The summed E-state index contributed by atoms with van der Waals surface area (Å²) < 4.78 is 5.91. The Labute approximate surface area is 211 Å². The Morgan fingerprint density at radius 2 is 1.64 bits per heavy atom. The molecular formula is C29H31N3O4. The molecule has 1 saturated heterocycles. The first-order chi connectivity index (χ1) is 17.5. The molecule has 1 amide bonds. The van der Waals surface area contributed by atoms with Crippen LogP contribution in [0.15, 0.2) is 84.7 Å². The molecule has 0 spiro atoms. The first-order valence-electron chi connectivity index (χ1n) is 12.2. The van der Waals surface area contributed by atoms with Gasteiger partial charge in [-0.2, -0.15) is 0 Å². The summed E-state index contributed by atoms with van der Waals surface area (Å²) in [5.41, 5.74) is 2.32. The van der Waals surface area contributed by atoms with Crippen LogP contribution in [0.25, 0.3) is 5.76 Å². The lowest BCUT2D eigenvalue weighted by Gasteiger charge is -2.28. The van der Waals surface area contributed by atoms with Crippen molar-refractivity contribution in [2.75, 3.05) is 26.2 Å². The van der Waals surface area contributed by atoms with Crippen molar-refractivity contribution in [1.29, 1.82) is 0 Å². The maximum Gasteiger partial charge on any atom is 0.295 e. The van der Waals surface area contributed by atoms with E-state index in [2.05, 4.69) is 23.7 Å². The van der Waals surface area contributed by atoms with Crippen LogP contribution in [0, 0.1) is 0 Å². The fourth-order valence-corrected chi connectivity index (χ4v) is 4.40. The maximum atomic E-state index is 13.2. The van der Waals surface area contributed by atoms with Crippen molar-refractivity contribution >= 4 is 17.4 Å². The van der Waals surface area contributed by atoms with Crippen LogP contribution in [-0.2, 0) is 16.2 Å². The summed E-state index contributed by atoms with van der Waals surface area (Å²) in [4.78, 5) is 34.0. The van der Waals surface area contributed by atoms with E-state index in [-0.39, 0.29) is 11.3 Å². The number of ketones is 1. The number of likely N-dealkylation sites (tertiary alicyclic amines) is 1. The molecule has 1 unspecified atom stereocenters. The second-order valence-corrected chi connectivity index (χ2v) is 8.60. The number of ether oxygens (including phenoxy) is 1. The van der Waals surface area contributed by atoms with Crippen LogP contribution in [0.5, 0.6) is 5.75 Å². The van der Waals surface area contributed by atoms with Crippen LogP contribution in [0.2, 0.25) is 0 Å². The molecule has 186 valence electrons. The average molecular weight is 486 g/mol. The van der Waals surface area contributed by atoms with E-state index in [4.69, 9.17) is 4.74 Å². The quantitative estimate of drug-likeness (QED) is 0.260. The van der Waals surface area contributed by atoms with Crippen molar-refractivity contribution in [3.8, 4) is 5.75 Å². The highest BCUT2D eigenvalue weighted by Gasteiger charge is 2.45. The molecule has 1 N–H and O–H groups in total. The van der Waals surface area contributed by atoms with Gasteiger partial charge < -0.3 is 19.6 Å². The van der Waals surface area contributed by atoms with E-state index in [1.54, 1.807) is 29.4 Å². The van der Waals surface area contributed by atoms with Gasteiger partial charge in [-0.05, 0) is 48.5 Å². The Hall–Kier alpha value is -3.97. The molecule has 1 aliphatic heterocycles. The number of carbonyl (C=O) groups excluding carboxylic acids is 2. The smallest absolute Gasteiger partial charge is 0.295 e. The highest BCUT2D eigenvalue weighted by molar-refractivity contribution is 6.46. The Kier molecular flexibility index (Phi) is 8.13. The number of aromatic nitrogens is 1. The van der Waals surface area contributed by atoms with Gasteiger partial charge in [-0.3, -0.25) is 14.6 Å². The van der Waals surface area contributed by atoms with E-state index < -0.39 is 17.7 Å². The third-order valence-electron chi connectivity index (χ3n) is 6.49. The van der Waals surface area contributed by atoms with Gasteiger partial charge in [0.15, 0.2) is 0 Å². The summed E-state index contributed by atoms with van der Waals surface area (Å²) in [5, 5.41) is 11.1. The second kappa shape index (κ2) is 11.6. The Bertz CT molecular complexity index is 1210. The van der Waals surface area contributed by atoms with Crippen molar-refractivity contribution in [2.45, 2.75) is 26.5 Å². The van der Waals surface area contributed by atoms with Gasteiger partial charge in [-0.15, -0.1) is 0 Å². The number of aliphatic hydroxyl groups excluding tert-OH is 1. The van der Waals surface area contributed by atoms with Crippen LogP contribution in [0.3, 0.4) is 0 Å². The molecule has 0 saturated carbocycles. The predicted octanol–water partition coefficient (Wildman–Crippen LogP) is 4.42. The molecule has 7 nitrogen and oxygen atoms in total. The van der Waals surface area contributed by atoms with Gasteiger partial charge in [-0.1, -0.05) is 56.3 Å². The third-order valence-corrected chi connectivity index (χ3v) is 6.49. The number of hydrogen-bond donors (Lipinski definition) is 1. The molecule has 36 heavy (non-hydrogen) atoms. The first-order valence-corrected chi connectivity index (χ1v) is 12.2. The van der Waals surface area contributed by atoms with E-state index >= 15 is 0 Å². The third kappa shape index (κ3) is 5.47. The number of Topliss-reactive ketones (excluding diaryl/α,β-unsaturated/α-hetero) is 1. The summed E-state index contributed by atoms with van der Waals surface area (Å²) in [5.74, 6) is -0.808. The van der Waals surface area contributed by atoms with Crippen LogP contribution in [0.4, 0.5) is 0 Å². The number of benzene rings is 2. The van der Waals surface area contributed by atoms with Crippen LogP contribution in [-0.4, -0.2) is 57.8 Å². The number of pyridine rings is 1. The van der Waals surface area contributed by atoms with Crippen molar-refractivity contribution in [1.82, 2.24) is 14.8 Å². The summed E-state index contributed by atoms with van der Waals surface area (Å²) in [6, 6.07) is 19.8. The fraction of sp³-hybridized carbons (Fsp3) is 0.276. The van der Waals surface area contributed by atoms with Crippen LogP contribution in [0.1, 0.15) is 36.6 Å². The number of nitrogens with zero attached hydrogens (tertiary/aromatic N) is 3. The van der Waals surface area contributed by atoms with Crippen molar-refractivity contribution in [2.24, 2.45) is 0 Å². The van der Waals surface area contributed by atoms with Gasteiger partial charge in [0, 0.05) is 31.0 Å². The molecule has 1 fully saturated rings. The minimum absolute atomic E-state index is 0.0868. The normalized spacial score (nSPS) is 17.1.